The molecule has 0 saturated heterocycles. The Labute approximate surface area is 107 Å². The van der Waals surface area contributed by atoms with E-state index in [0.717, 1.165) is 12.7 Å². The molecule has 0 atom stereocenters. The molecular weight excluding hydrogens is 254 g/mol. The molecule has 1 amide bonds. The van der Waals surface area contributed by atoms with Crippen LogP contribution in [0.3, 0.4) is 0 Å². The summed E-state index contributed by atoms with van der Waals surface area (Å²) >= 11 is 0. The monoisotopic (exact) mass is 271 g/mol. The van der Waals surface area contributed by atoms with Crippen molar-refractivity contribution >= 4 is 21.4 Å². The number of sulfone groups is 1. The first-order valence-electron chi connectivity index (χ1n) is 5.61. The van der Waals surface area contributed by atoms with Gasteiger partial charge in [0.2, 0.25) is 5.91 Å². The Kier molecular flexibility index (Phi) is 5.30. The van der Waals surface area contributed by atoms with Crippen LogP contribution in [0.5, 0.6) is 0 Å². The number of amides is 1. The lowest BCUT2D eigenvalue weighted by atomic mass is 10.3. The van der Waals surface area contributed by atoms with Gasteiger partial charge in [0, 0.05) is 18.6 Å². The second-order valence-electron chi connectivity index (χ2n) is 3.90. The predicted molar refractivity (Wildman–Crippen MR) is 69.3 cm³/mol. The number of rotatable bonds is 6. The summed E-state index contributed by atoms with van der Waals surface area (Å²) in [6.07, 6.45) is 1.97. The minimum absolute atomic E-state index is 0.0308. The molecule has 0 heterocycles. The molecule has 0 aliphatic rings. The number of nitrogens with one attached hydrogen (secondary N) is 1. The highest BCUT2D eigenvalue weighted by Gasteiger charge is 2.08. The summed E-state index contributed by atoms with van der Waals surface area (Å²) in [4.78, 5) is 11.6. The van der Waals surface area contributed by atoms with Gasteiger partial charge in [0.15, 0.2) is 9.84 Å². The molecule has 100 valence electrons. The Balaban J connectivity index is 2.65. The van der Waals surface area contributed by atoms with Crippen molar-refractivity contribution in [2.45, 2.75) is 18.2 Å². The first-order valence-corrected chi connectivity index (χ1v) is 7.50. The summed E-state index contributed by atoms with van der Waals surface area (Å²) in [5.74, 6) is -0.297. The summed E-state index contributed by atoms with van der Waals surface area (Å²) in [7, 11) is -3.26. The van der Waals surface area contributed by atoms with Crippen molar-refractivity contribution < 1.29 is 17.9 Å². The van der Waals surface area contributed by atoms with Gasteiger partial charge in [0.05, 0.1) is 4.90 Å². The van der Waals surface area contributed by atoms with Gasteiger partial charge in [-0.25, -0.2) is 8.42 Å². The van der Waals surface area contributed by atoms with Gasteiger partial charge >= 0.3 is 0 Å². The maximum absolute atomic E-state index is 11.5. The highest BCUT2D eigenvalue weighted by atomic mass is 32.2. The van der Waals surface area contributed by atoms with Crippen molar-refractivity contribution in [1.29, 1.82) is 0 Å². The van der Waals surface area contributed by atoms with E-state index in [1.165, 1.54) is 12.1 Å². The summed E-state index contributed by atoms with van der Waals surface area (Å²) < 4.78 is 27.8. The van der Waals surface area contributed by atoms with E-state index in [-0.39, 0.29) is 17.4 Å². The average Bonchev–Trinajstić information content (AvgIpc) is 2.28. The van der Waals surface area contributed by atoms with E-state index >= 15 is 0 Å². The fraction of sp³-hybridized carbons (Fsp3) is 0.417. The fourth-order valence-electron chi connectivity index (χ4n) is 1.31. The molecule has 18 heavy (non-hydrogen) atoms. The van der Waals surface area contributed by atoms with Crippen LogP contribution < -0.4 is 5.32 Å². The topological polar surface area (TPSA) is 72.5 Å². The molecule has 0 aromatic heterocycles. The molecule has 0 bridgehead atoms. The lowest BCUT2D eigenvalue weighted by Crippen LogP contribution is -2.18. The number of anilines is 1. The van der Waals surface area contributed by atoms with Crippen LogP contribution in [0.15, 0.2) is 29.2 Å². The van der Waals surface area contributed by atoms with Crippen LogP contribution in [0, 0.1) is 0 Å². The second-order valence-corrected chi connectivity index (χ2v) is 5.92. The maximum atomic E-state index is 11.5. The Morgan fingerprint density at radius 1 is 1.39 bits per heavy atom. The van der Waals surface area contributed by atoms with Crippen molar-refractivity contribution in [3.05, 3.63) is 24.3 Å². The van der Waals surface area contributed by atoms with Crippen LogP contribution in [0.25, 0.3) is 0 Å². The van der Waals surface area contributed by atoms with Crippen LogP contribution in [0.2, 0.25) is 0 Å². The Morgan fingerprint density at radius 2 is 2.11 bits per heavy atom. The quantitative estimate of drug-likeness (QED) is 0.795. The normalized spacial score (nSPS) is 11.2. The van der Waals surface area contributed by atoms with Gasteiger partial charge in [-0.05, 0) is 24.6 Å². The third kappa shape index (κ3) is 4.85. The van der Waals surface area contributed by atoms with E-state index < -0.39 is 9.84 Å². The summed E-state index contributed by atoms with van der Waals surface area (Å²) in [5, 5.41) is 2.58. The van der Waals surface area contributed by atoms with Crippen LogP contribution in [-0.2, 0) is 19.4 Å². The van der Waals surface area contributed by atoms with Gasteiger partial charge < -0.3 is 10.1 Å². The maximum Gasteiger partial charge on any atom is 0.250 e. The molecule has 0 aliphatic heterocycles. The van der Waals surface area contributed by atoms with Gasteiger partial charge in [-0.2, -0.15) is 0 Å². The third-order valence-electron chi connectivity index (χ3n) is 2.13. The average molecular weight is 271 g/mol. The van der Waals surface area contributed by atoms with Crippen molar-refractivity contribution in [2.24, 2.45) is 0 Å². The van der Waals surface area contributed by atoms with Crippen LogP contribution >= 0.6 is 0 Å². The molecule has 0 saturated carbocycles. The molecule has 0 radical (unpaired) electrons. The molecule has 1 aromatic rings. The van der Waals surface area contributed by atoms with E-state index in [9.17, 15) is 13.2 Å². The molecule has 1 N–H and O–H groups in total. The minimum Gasteiger partial charge on any atom is -0.372 e. The molecule has 5 nitrogen and oxygen atoms in total. The number of carbonyl (C=O) groups is 1. The van der Waals surface area contributed by atoms with Crippen LogP contribution in [0.1, 0.15) is 13.3 Å². The van der Waals surface area contributed by atoms with Gasteiger partial charge in [-0.1, -0.05) is 13.0 Å². The zero-order valence-electron chi connectivity index (χ0n) is 10.5. The van der Waals surface area contributed by atoms with E-state index in [2.05, 4.69) is 5.32 Å². The third-order valence-corrected chi connectivity index (χ3v) is 3.24. The smallest absolute Gasteiger partial charge is 0.250 e. The molecule has 1 rings (SSSR count). The Bertz CT molecular complexity index is 511. The second kappa shape index (κ2) is 6.51. The summed E-state index contributed by atoms with van der Waals surface area (Å²) in [5.41, 5.74) is 0.447. The highest BCUT2D eigenvalue weighted by Crippen LogP contribution is 2.15. The van der Waals surface area contributed by atoms with Gasteiger partial charge in [0.25, 0.3) is 0 Å². The lowest BCUT2D eigenvalue weighted by molar-refractivity contribution is -0.120. The summed E-state index contributed by atoms with van der Waals surface area (Å²) in [6, 6.07) is 6.12. The largest absolute Gasteiger partial charge is 0.372 e. The number of carbonyl (C=O) groups excluding carboxylic acids is 1. The number of ether oxygens (including phenoxy) is 1. The molecule has 0 fully saturated rings. The van der Waals surface area contributed by atoms with Crippen molar-refractivity contribution in [3.63, 3.8) is 0 Å². The minimum atomic E-state index is -3.26. The standard InChI is InChI=1S/C12H17NO4S/c1-3-7-17-9-12(14)13-10-5-4-6-11(8-10)18(2,15)16/h4-6,8H,3,7,9H2,1-2H3,(H,13,14). The van der Waals surface area contributed by atoms with Crippen molar-refractivity contribution in [1.82, 2.24) is 0 Å². The molecule has 0 spiro atoms. The molecular formula is C12H17NO4S. The van der Waals surface area contributed by atoms with Gasteiger partial charge in [-0.3, -0.25) is 4.79 Å². The first kappa shape index (κ1) is 14.7. The molecule has 6 heteroatoms. The van der Waals surface area contributed by atoms with Crippen LogP contribution in [0.4, 0.5) is 5.69 Å². The summed E-state index contributed by atoms with van der Waals surface area (Å²) in [6.45, 7) is 2.45. The van der Waals surface area contributed by atoms with E-state index in [1.54, 1.807) is 12.1 Å². The zero-order valence-corrected chi connectivity index (χ0v) is 11.3. The molecule has 0 aliphatic carbocycles. The number of hydrogen-bond donors (Lipinski definition) is 1. The van der Waals surface area contributed by atoms with Crippen molar-refractivity contribution in [2.75, 3.05) is 24.8 Å². The van der Waals surface area contributed by atoms with E-state index in [4.69, 9.17) is 4.74 Å². The van der Waals surface area contributed by atoms with E-state index in [1.807, 2.05) is 6.92 Å². The Morgan fingerprint density at radius 3 is 2.72 bits per heavy atom. The predicted octanol–water partition coefficient (Wildman–Crippen LogP) is 1.46. The molecule has 0 unspecified atom stereocenters. The van der Waals surface area contributed by atoms with Gasteiger partial charge in [-0.15, -0.1) is 0 Å². The van der Waals surface area contributed by atoms with Crippen LogP contribution in [-0.4, -0.2) is 33.8 Å². The Hall–Kier alpha value is -1.40. The number of benzene rings is 1. The van der Waals surface area contributed by atoms with Crippen molar-refractivity contribution in [3.8, 4) is 0 Å². The molecule has 1 aromatic carbocycles. The van der Waals surface area contributed by atoms with E-state index in [0.29, 0.717) is 12.3 Å². The van der Waals surface area contributed by atoms with Gasteiger partial charge in [0.1, 0.15) is 6.61 Å². The zero-order chi connectivity index (χ0) is 13.6. The fourth-order valence-corrected chi connectivity index (χ4v) is 1.98. The SMILES string of the molecule is CCCOCC(=O)Nc1cccc(S(C)(=O)=O)c1. The first-order chi connectivity index (χ1) is 8.43. The highest BCUT2D eigenvalue weighted by molar-refractivity contribution is 7.90. The lowest BCUT2D eigenvalue weighted by Gasteiger charge is -2.07. The number of hydrogen-bond acceptors (Lipinski definition) is 4.